The Labute approximate surface area is 140 Å². The fourth-order valence-corrected chi connectivity index (χ4v) is 3.35. The summed E-state index contributed by atoms with van der Waals surface area (Å²) in [7, 11) is 0. The third-order valence-corrected chi connectivity index (χ3v) is 4.58. The number of aliphatic hydroxyl groups excluding tert-OH is 1. The van der Waals surface area contributed by atoms with Gasteiger partial charge in [0.05, 0.1) is 25.4 Å². The van der Waals surface area contributed by atoms with Gasteiger partial charge in [-0.3, -0.25) is 10.00 Å². The van der Waals surface area contributed by atoms with Crippen LogP contribution in [0, 0.1) is 0 Å². The molecule has 6 nitrogen and oxygen atoms in total. The van der Waals surface area contributed by atoms with Gasteiger partial charge < -0.3 is 9.84 Å². The Morgan fingerprint density at radius 3 is 3.00 bits per heavy atom. The first-order chi connectivity index (χ1) is 11.8. The molecule has 1 aliphatic heterocycles. The fraction of sp³-hybridized carbons (Fsp3) is 0.333. The van der Waals surface area contributed by atoms with Crippen LogP contribution in [0.15, 0.2) is 48.8 Å². The molecule has 3 aromatic rings. The normalized spacial score (nSPS) is 20.3. The van der Waals surface area contributed by atoms with E-state index >= 15 is 0 Å². The monoisotopic (exact) mass is 324 g/mol. The molecule has 0 radical (unpaired) electrons. The van der Waals surface area contributed by atoms with Gasteiger partial charge in [-0.2, -0.15) is 5.10 Å². The van der Waals surface area contributed by atoms with Crippen molar-refractivity contribution in [1.82, 2.24) is 20.1 Å². The van der Waals surface area contributed by atoms with Crippen LogP contribution in [0.25, 0.3) is 10.8 Å². The summed E-state index contributed by atoms with van der Waals surface area (Å²) in [4.78, 5) is 6.45. The molecule has 2 heterocycles. The number of benzene rings is 2. The second-order valence-corrected chi connectivity index (χ2v) is 6.04. The molecule has 1 aromatic heterocycles. The first-order valence-electron chi connectivity index (χ1n) is 8.16. The maximum atomic E-state index is 10.9. The Bertz CT molecular complexity index is 800. The van der Waals surface area contributed by atoms with Crippen molar-refractivity contribution in [3.63, 3.8) is 0 Å². The highest BCUT2D eigenvalue weighted by Gasteiger charge is 2.29. The lowest BCUT2D eigenvalue weighted by Gasteiger charge is -2.35. The van der Waals surface area contributed by atoms with Gasteiger partial charge in [0.15, 0.2) is 0 Å². The van der Waals surface area contributed by atoms with E-state index in [1.54, 1.807) is 0 Å². The predicted molar refractivity (Wildman–Crippen MR) is 90.4 cm³/mol. The van der Waals surface area contributed by atoms with E-state index in [0.717, 1.165) is 28.7 Å². The largest absolute Gasteiger partial charge is 0.387 e. The highest BCUT2D eigenvalue weighted by molar-refractivity contribution is 5.85. The number of aromatic nitrogens is 3. The van der Waals surface area contributed by atoms with Gasteiger partial charge >= 0.3 is 0 Å². The van der Waals surface area contributed by atoms with Crippen molar-refractivity contribution in [1.29, 1.82) is 0 Å². The molecule has 2 N–H and O–H groups in total. The van der Waals surface area contributed by atoms with Crippen molar-refractivity contribution in [2.75, 3.05) is 26.3 Å². The van der Waals surface area contributed by atoms with Crippen molar-refractivity contribution >= 4 is 10.8 Å². The zero-order valence-corrected chi connectivity index (χ0v) is 13.3. The van der Waals surface area contributed by atoms with Crippen LogP contribution in [0.4, 0.5) is 0 Å². The smallest absolute Gasteiger partial charge is 0.143 e. The second kappa shape index (κ2) is 6.68. The molecule has 0 bridgehead atoms. The summed E-state index contributed by atoms with van der Waals surface area (Å²) in [6.07, 6.45) is 0.933. The summed E-state index contributed by atoms with van der Waals surface area (Å²) in [6, 6.07) is 14.2. The molecule has 1 fully saturated rings. The van der Waals surface area contributed by atoms with Crippen LogP contribution in [-0.4, -0.2) is 51.5 Å². The van der Waals surface area contributed by atoms with E-state index in [-0.39, 0.29) is 6.04 Å². The van der Waals surface area contributed by atoms with E-state index in [4.69, 9.17) is 4.74 Å². The van der Waals surface area contributed by atoms with Gasteiger partial charge in [-0.15, -0.1) is 0 Å². The van der Waals surface area contributed by atoms with E-state index in [9.17, 15) is 5.11 Å². The number of rotatable bonds is 4. The topological polar surface area (TPSA) is 74.3 Å². The number of hydrogen-bond acceptors (Lipinski definition) is 5. The minimum Gasteiger partial charge on any atom is -0.387 e. The van der Waals surface area contributed by atoms with Crippen LogP contribution in [0.2, 0.25) is 0 Å². The molecule has 6 heteroatoms. The Hall–Kier alpha value is -2.28. The highest BCUT2D eigenvalue weighted by atomic mass is 16.5. The maximum Gasteiger partial charge on any atom is 0.143 e. The SMILES string of the molecule is O[C@@H](CN1CCOCC1c1ncn[nH]1)c1cccc2ccccc12. The average Bonchev–Trinajstić information content (AvgIpc) is 3.16. The number of hydrogen-bond donors (Lipinski definition) is 2. The summed E-state index contributed by atoms with van der Waals surface area (Å²) in [5.41, 5.74) is 0.955. The molecule has 0 aliphatic carbocycles. The summed E-state index contributed by atoms with van der Waals surface area (Å²) >= 11 is 0. The molecule has 0 spiro atoms. The van der Waals surface area contributed by atoms with Crippen LogP contribution < -0.4 is 0 Å². The van der Waals surface area contributed by atoms with E-state index in [1.807, 2.05) is 24.3 Å². The van der Waals surface area contributed by atoms with Crippen molar-refractivity contribution < 1.29 is 9.84 Å². The maximum absolute atomic E-state index is 10.9. The van der Waals surface area contributed by atoms with Crippen LogP contribution >= 0.6 is 0 Å². The van der Waals surface area contributed by atoms with Crippen molar-refractivity contribution in [3.8, 4) is 0 Å². The first-order valence-corrected chi connectivity index (χ1v) is 8.16. The summed E-state index contributed by atoms with van der Waals surface area (Å²) in [6.45, 7) is 2.50. The summed E-state index contributed by atoms with van der Waals surface area (Å²) in [5.74, 6) is 0.778. The van der Waals surface area contributed by atoms with Crippen LogP contribution in [0.5, 0.6) is 0 Å². The average molecular weight is 324 g/mol. The number of aromatic amines is 1. The van der Waals surface area contributed by atoms with Crippen molar-refractivity contribution in [2.24, 2.45) is 0 Å². The van der Waals surface area contributed by atoms with Crippen molar-refractivity contribution in [2.45, 2.75) is 12.1 Å². The third-order valence-electron chi connectivity index (χ3n) is 4.58. The zero-order chi connectivity index (χ0) is 16.4. The van der Waals surface area contributed by atoms with Crippen molar-refractivity contribution in [3.05, 3.63) is 60.2 Å². The lowest BCUT2D eigenvalue weighted by atomic mass is 9.99. The number of nitrogens with one attached hydrogen (secondary N) is 1. The Morgan fingerprint density at radius 2 is 2.12 bits per heavy atom. The second-order valence-electron chi connectivity index (χ2n) is 6.04. The predicted octanol–water partition coefficient (Wildman–Crippen LogP) is 2.06. The van der Waals surface area contributed by atoms with Gasteiger partial charge in [-0.1, -0.05) is 42.5 Å². The van der Waals surface area contributed by atoms with Crippen LogP contribution in [-0.2, 0) is 4.74 Å². The van der Waals surface area contributed by atoms with E-state index < -0.39 is 6.10 Å². The van der Waals surface area contributed by atoms with Gasteiger partial charge in [-0.25, -0.2) is 4.98 Å². The first kappa shape index (κ1) is 15.3. The van der Waals surface area contributed by atoms with Gasteiger partial charge in [0.25, 0.3) is 0 Å². The Morgan fingerprint density at radius 1 is 1.25 bits per heavy atom. The number of fused-ring (bicyclic) bond motifs is 1. The number of β-amino-alcohol motifs (C(OH)–C–C–N with tert-alkyl or cyclic N) is 1. The molecule has 0 saturated carbocycles. The molecule has 0 amide bonds. The lowest BCUT2D eigenvalue weighted by Crippen LogP contribution is -2.42. The molecule has 2 aromatic carbocycles. The van der Waals surface area contributed by atoms with Gasteiger partial charge in [0.2, 0.25) is 0 Å². The number of aliphatic hydroxyl groups is 1. The Balaban J connectivity index is 1.59. The third kappa shape index (κ3) is 2.91. The lowest BCUT2D eigenvalue weighted by molar-refractivity contribution is -0.0304. The minimum atomic E-state index is -0.570. The van der Waals surface area contributed by atoms with Gasteiger partial charge in [-0.05, 0) is 16.3 Å². The number of morpholine rings is 1. The number of nitrogens with zero attached hydrogens (tertiary/aromatic N) is 3. The molecule has 4 rings (SSSR count). The van der Waals surface area contributed by atoms with E-state index in [1.165, 1.54) is 6.33 Å². The standard InChI is InChI=1S/C18H20N4O2/c23-17(15-7-3-5-13-4-1-2-6-14(13)15)10-22-8-9-24-11-16(22)18-19-12-20-21-18/h1-7,12,16-17,23H,8-11H2,(H,19,20,21)/t16?,17-/m0/s1. The van der Waals surface area contributed by atoms with E-state index in [2.05, 4.69) is 38.3 Å². The van der Waals surface area contributed by atoms with Crippen LogP contribution in [0.1, 0.15) is 23.5 Å². The summed E-state index contributed by atoms with van der Waals surface area (Å²) < 4.78 is 5.58. The molecular formula is C18H20N4O2. The molecule has 1 aliphatic rings. The highest BCUT2D eigenvalue weighted by Crippen LogP contribution is 2.28. The Kier molecular flexibility index (Phi) is 4.25. The number of H-pyrrole nitrogens is 1. The number of ether oxygens (including phenoxy) is 1. The molecule has 2 atom stereocenters. The van der Waals surface area contributed by atoms with Gasteiger partial charge in [0, 0.05) is 13.1 Å². The van der Waals surface area contributed by atoms with Crippen LogP contribution in [0.3, 0.4) is 0 Å². The van der Waals surface area contributed by atoms with E-state index in [0.29, 0.717) is 19.8 Å². The summed E-state index contributed by atoms with van der Waals surface area (Å²) in [5, 5.41) is 19.9. The fourth-order valence-electron chi connectivity index (χ4n) is 3.35. The molecular weight excluding hydrogens is 304 g/mol. The molecule has 1 unspecified atom stereocenters. The zero-order valence-electron chi connectivity index (χ0n) is 13.3. The minimum absolute atomic E-state index is 0.00845. The molecule has 24 heavy (non-hydrogen) atoms. The van der Waals surface area contributed by atoms with Gasteiger partial charge in [0.1, 0.15) is 12.2 Å². The molecule has 124 valence electrons. The molecule has 1 saturated heterocycles. The quantitative estimate of drug-likeness (QED) is 0.768.